The molecule has 1 aromatic heterocycles. The zero-order valence-electron chi connectivity index (χ0n) is 9.71. The molecular weight excluding hydrogens is 321 g/mol. The van der Waals surface area contributed by atoms with Crippen molar-refractivity contribution in [2.75, 3.05) is 5.32 Å². The average Bonchev–Trinajstić information content (AvgIpc) is 2.37. The maximum atomic E-state index is 12.4. The minimum atomic E-state index is -4.30. The van der Waals surface area contributed by atoms with E-state index in [0.29, 0.717) is 12.4 Å². The second kappa shape index (κ2) is 5.61. The molecule has 1 N–H and O–H groups in total. The van der Waals surface area contributed by atoms with Gasteiger partial charge in [-0.15, -0.1) is 0 Å². The van der Waals surface area contributed by atoms with Crippen LogP contribution in [-0.2, 0) is 12.7 Å². The van der Waals surface area contributed by atoms with Gasteiger partial charge in [-0.1, -0.05) is 12.1 Å². The molecule has 0 aliphatic heterocycles. The van der Waals surface area contributed by atoms with Crippen LogP contribution in [0.15, 0.2) is 47.1 Å². The second-order valence-electron chi connectivity index (χ2n) is 3.88. The van der Waals surface area contributed by atoms with Crippen LogP contribution in [-0.4, -0.2) is 4.98 Å². The Balaban J connectivity index is 2.03. The van der Waals surface area contributed by atoms with Gasteiger partial charge >= 0.3 is 6.18 Å². The second-order valence-corrected chi connectivity index (χ2v) is 4.74. The highest BCUT2D eigenvalue weighted by atomic mass is 79.9. The monoisotopic (exact) mass is 330 g/mol. The lowest BCUT2D eigenvalue weighted by molar-refractivity contribution is -0.137. The van der Waals surface area contributed by atoms with Crippen LogP contribution in [0.1, 0.15) is 11.1 Å². The van der Waals surface area contributed by atoms with Gasteiger partial charge in [0.15, 0.2) is 0 Å². The summed E-state index contributed by atoms with van der Waals surface area (Å²) in [6, 6.07) is 8.67. The number of aromatic nitrogens is 1. The quantitative estimate of drug-likeness (QED) is 0.897. The maximum Gasteiger partial charge on any atom is 0.416 e. The van der Waals surface area contributed by atoms with Gasteiger partial charge in [0, 0.05) is 12.7 Å². The van der Waals surface area contributed by atoms with Gasteiger partial charge in [-0.2, -0.15) is 13.2 Å². The Hall–Kier alpha value is -1.56. The largest absolute Gasteiger partial charge is 0.416 e. The molecule has 1 aromatic carbocycles. The summed E-state index contributed by atoms with van der Waals surface area (Å²) >= 11 is 3.33. The predicted octanol–water partition coefficient (Wildman–Crippen LogP) is 4.48. The highest BCUT2D eigenvalue weighted by Crippen LogP contribution is 2.29. The lowest BCUT2D eigenvalue weighted by atomic mass is 10.1. The van der Waals surface area contributed by atoms with E-state index in [1.165, 1.54) is 12.1 Å². The van der Waals surface area contributed by atoms with Gasteiger partial charge in [-0.25, -0.2) is 4.98 Å². The highest BCUT2D eigenvalue weighted by Gasteiger charge is 2.29. The number of alkyl halides is 3. The summed E-state index contributed by atoms with van der Waals surface area (Å²) in [6.45, 7) is 0.410. The van der Waals surface area contributed by atoms with Gasteiger partial charge in [-0.05, 0) is 45.8 Å². The van der Waals surface area contributed by atoms with Gasteiger partial charge in [-0.3, -0.25) is 0 Å². The van der Waals surface area contributed by atoms with E-state index in [9.17, 15) is 13.2 Å². The number of hydrogen-bond donors (Lipinski definition) is 1. The van der Waals surface area contributed by atoms with Crippen molar-refractivity contribution < 1.29 is 13.2 Å². The third-order valence-corrected chi connectivity index (χ3v) is 3.14. The summed E-state index contributed by atoms with van der Waals surface area (Å²) < 4.78 is 38.0. The molecule has 19 heavy (non-hydrogen) atoms. The van der Waals surface area contributed by atoms with Crippen LogP contribution in [0.25, 0.3) is 0 Å². The fraction of sp³-hybridized carbons (Fsp3) is 0.154. The van der Waals surface area contributed by atoms with Gasteiger partial charge in [0.05, 0.1) is 10.0 Å². The topological polar surface area (TPSA) is 24.9 Å². The number of nitrogens with zero attached hydrogens (tertiary/aromatic N) is 1. The van der Waals surface area contributed by atoms with Crippen molar-refractivity contribution >= 4 is 21.7 Å². The Morgan fingerprint density at radius 3 is 2.37 bits per heavy atom. The van der Waals surface area contributed by atoms with Crippen LogP contribution in [0.3, 0.4) is 0 Å². The van der Waals surface area contributed by atoms with Crippen LogP contribution in [0, 0.1) is 0 Å². The number of hydrogen-bond acceptors (Lipinski definition) is 2. The van der Waals surface area contributed by atoms with Crippen LogP contribution in [0.4, 0.5) is 19.0 Å². The number of anilines is 1. The normalized spacial score (nSPS) is 11.4. The van der Waals surface area contributed by atoms with E-state index in [1.807, 2.05) is 6.07 Å². The van der Waals surface area contributed by atoms with E-state index in [1.54, 1.807) is 12.3 Å². The number of halogens is 4. The van der Waals surface area contributed by atoms with Crippen LogP contribution in [0.5, 0.6) is 0 Å². The van der Waals surface area contributed by atoms with E-state index >= 15 is 0 Å². The average molecular weight is 331 g/mol. The van der Waals surface area contributed by atoms with Crippen molar-refractivity contribution in [3.05, 3.63) is 58.2 Å². The Kier molecular flexibility index (Phi) is 4.09. The molecule has 0 spiro atoms. The summed E-state index contributed by atoms with van der Waals surface area (Å²) in [5.41, 5.74) is 0.112. The van der Waals surface area contributed by atoms with E-state index in [-0.39, 0.29) is 0 Å². The molecule has 0 bridgehead atoms. The summed E-state index contributed by atoms with van der Waals surface area (Å²) in [6.07, 6.45) is -2.66. The van der Waals surface area contributed by atoms with E-state index < -0.39 is 11.7 Å². The molecule has 0 atom stereocenters. The molecule has 0 aliphatic rings. The van der Waals surface area contributed by atoms with E-state index in [2.05, 4.69) is 26.2 Å². The van der Waals surface area contributed by atoms with Gasteiger partial charge in [0.25, 0.3) is 0 Å². The lowest BCUT2D eigenvalue weighted by Gasteiger charge is -2.09. The minimum absolute atomic E-state index is 0.410. The van der Waals surface area contributed by atoms with Crippen molar-refractivity contribution in [2.45, 2.75) is 12.7 Å². The molecular formula is C13H10BrF3N2. The molecule has 6 heteroatoms. The molecule has 0 saturated heterocycles. The Morgan fingerprint density at radius 1 is 1.11 bits per heavy atom. The minimum Gasteiger partial charge on any atom is -0.365 e. The maximum absolute atomic E-state index is 12.4. The first kappa shape index (κ1) is 13.9. The number of pyridine rings is 1. The molecule has 2 nitrogen and oxygen atoms in total. The molecule has 2 rings (SSSR count). The Labute approximate surface area is 116 Å². The number of benzene rings is 1. The third kappa shape index (κ3) is 3.70. The van der Waals surface area contributed by atoms with Crippen LogP contribution in [0.2, 0.25) is 0 Å². The summed E-state index contributed by atoms with van der Waals surface area (Å²) in [7, 11) is 0. The van der Waals surface area contributed by atoms with Crippen molar-refractivity contribution in [1.29, 1.82) is 0 Å². The van der Waals surface area contributed by atoms with Crippen molar-refractivity contribution in [2.24, 2.45) is 0 Å². The van der Waals surface area contributed by atoms with Gasteiger partial charge in [0.2, 0.25) is 0 Å². The van der Waals surface area contributed by atoms with Crippen molar-refractivity contribution in [1.82, 2.24) is 4.98 Å². The smallest absolute Gasteiger partial charge is 0.365 e. The first-order chi connectivity index (χ1) is 8.97. The standard InChI is InChI=1S/C13H10BrF3N2/c14-11-2-1-7-18-12(11)19-8-9-3-5-10(6-4-9)13(15,16)17/h1-7H,8H2,(H,18,19). The van der Waals surface area contributed by atoms with Crippen LogP contribution >= 0.6 is 15.9 Å². The number of nitrogens with one attached hydrogen (secondary N) is 1. The first-order valence-corrected chi connectivity index (χ1v) is 6.26. The van der Waals surface area contributed by atoms with Gasteiger partial charge in [0.1, 0.15) is 5.82 Å². The van der Waals surface area contributed by atoms with E-state index in [4.69, 9.17) is 0 Å². The molecule has 0 unspecified atom stereocenters. The summed E-state index contributed by atoms with van der Waals surface area (Å²) in [5.74, 6) is 0.655. The number of rotatable bonds is 3. The molecule has 1 heterocycles. The predicted molar refractivity (Wildman–Crippen MR) is 70.7 cm³/mol. The molecule has 0 saturated carbocycles. The zero-order valence-corrected chi connectivity index (χ0v) is 11.3. The SMILES string of the molecule is FC(F)(F)c1ccc(CNc2ncccc2Br)cc1. The zero-order chi connectivity index (χ0) is 13.9. The Bertz CT molecular complexity index is 553. The molecule has 0 aliphatic carbocycles. The molecule has 2 aromatic rings. The lowest BCUT2D eigenvalue weighted by Crippen LogP contribution is -2.06. The van der Waals surface area contributed by atoms with Gasteiger partial charge < -0.3 is 5.32 Å². The van der Waals surface area contributed by atoms with Crippen molar-refractivity contribution in [3.63, 3.8) is 0 Å². The van der Waals surface area contributed by atoms with Crippen molar-refractivity contribution in [3.8, 4) is 0 Å². The molecule has 100 valence electrons. The molecule has 0 radical (unpaired) electrons. The first-order valence-electron chi connectivity index (χ1n) is 5.47. The summed E-state index contributed by atoms with van der Waals surface area (Å²) in [5, 5.41) is 3.05. The molecule has 0 amide bonds. The fourth-order valence-corrected chi connectivity index (χ4v) is 1.91. The van der Waals surface area contributed by atoms with E-state index in [0.717, 1.165) is 22.2 Å². The fourth-order valence-electron chi connectivity index (χ4n) is 1.51. The summed E-state index contributed by atoms with van der Waals surface area (Å²) in [4.78, 5) is 4.11. The third-order valence-electron chi connectivity index (χ3n) is 2.50. The molecule has 0 fully saturated rings. The van der Waals surface area contributed by atoms with Crippen LogP contribution < -0.4 is 5.32 Å². The Morgan fingerprint density at radius 2 is 1.79 bits per heavy atom. The highest BCUT2D eigenvalue weighted by molar-refractivity contribution is 9.10.